The number of benzene rings is 2. The van der Waals surface area contributed by atoms with E-state index in [0.29, 0.717) is 11.5 Å². The van der Waals surface area contributed by atoms with E-state index >= 15 is 0 Å². The van der Waals surface area contributed by atoms with Crippen molar-refractivity contribution in [3.8, 4) is 22.8 Å². The van der Waals surface area contributed by atoms with E-state index < -0.39 is 5.82 Å². The molecule has 0 fully saturated rings. The van der Waals surface area contributed by atoms with Gasteiger partial charge in [-0.05, 0) is 23.7 Å². The summed E-state index contributed by atoms with van der Waals surface area (Å²) in [5.74, 6) is 0.244. The number of methoxy groups -OCH3 is 1. The van der Waals surface area contributed by atoms with Gasteiger partial charge in [-0.1, -0.05) is 30.3 Å². The van der Waals surface area contributed by atoms with Crippen molar-refractivity contribution in [1.29, 1.82) is 0 Å². The Kier molecular flexibility index (Phi) is 3.58. The molecule has 0 saturated heterocycles. The quantitative estimate of drug-likeness (QED) is 0.740. The average molecular weight is 304 g/mol. The summed E-state index contributed by atoms with van der Waals surface area (Å²) in [6.45, 7) is 0. The first-order chi connectivity index (χ1) is 10.2. The Balaban J connectivity index is 2.15. The van der Waals surface area contributed by atoms with Crippen LogP contribution in [0.4, 0.5) is 4.39 Å². The lowest BCUT2D eigenvalue weighted by molar-refractivity contribution is 0.386. The Hall–Kier alpha value is -2.40. The molecule has 0 radical (unpaired) electrons. The first-order valence-corrected chi connectivity index (χ1v) is 6.59. The Labute approximate surface area is 125 Å². The summed E-state index contributed by atoms with van der Waals surface area (Å²) >= 11 is 6.09. The SMILES string of the molecule is COc1ccc(-n2c(Cl)nnc2-c2ccccc2)cc1F. The van der Waals surface area contributed by atoms with Crippen LogP contribution < -0.4 is 4.74 Å². The molecule has 2 aromatic carbocycles. The maximum atomic E-state index is 13.9. The highest BCUT2D eigenvalue weighted by atomic mass is 35.5. The van der Waals surface area contributed by atoms with E-state index in [1.807, 2.05) is 30.3 Å². The highest BCUT2D eigenvalue weighted by molar-refractivity contribution is 6.28. The molecule has 3 rings (SSSR count). The second-order valence-electron chi connectivity index (χ2n) is 4.31. The predicted octanol–water partition coefficient (Wildman–Crippen LogP) is 3.74. The Morgan fingerprint density at radius 2 is 1.86 bits per heavy atom. The van der Waals surface area contributed by atoms with Gasteiger partial charge in [0.2, 0.25) is 5.28 Å². The second kappa shape index (κ2) is 5.54. The first-order valence-electron chi connectivity index (χ1n) is 6.21. The van der Waals surface area contributed by atoms with Gasteiger partial charge in [-0.3, -0.25) is 4.57 Å². The minimum absolute atomic E-state index is 0.165. The molecular weight excluding hydrogens is 293 g/mol. The molecule has 0 N–H and O–H groups in total. The maximum absolute atomic E-state index is 13.9. The van der Waals surface area contributed by atoms with E-state index in [-0.39, 0.29) is 11.0 Å². The van der Waals surface area contributed by atoms with E-state index in [1.54, 1.807) is 10.6 Å². The van der Waals surface area contributed by atoms with E-state index in [0.717, 1.165) is 5.56 Å². The minimum Gasteiger partial charge on any atom is -0.494 e. The van der Waals surface area contributed by atoms with Crippen molar-refractivity contribution in [2.45, 2.75) is 0 Å². The molecule has 106 valence electrons. The molecule has 1 aromatic heterocycles. The fourth-order valence-corrected chi connectivity index (χ4v) is 2.28. The Morgan fingerprint density at radius 3 is 2.52 bits per heavy atom. The number of aromatic nitrogens is 3. The number of hydrogen-bond acceptors (Lipinski definition) is 3. The monoisotopic (exact) mass is 303 g/mol. The van der Waals surface area contributed by atoms with Crippen molar-refractivity contribution in [1.82, 2.24) is 14.8 Å². The van der Waals surface area contributed by atoms with Crippen molar-refractivity contribution in [2.75, 3.05) is 7.11 Å². The van der Waals surface area contributed by atoms with Crippen LogP contribution in [0.3, 0.4) is 0 Å². The summed E-state index contributed by atoms with van der Waals surface area (Å²) in [7, 11) is 1.42. The molecule has 0 aliphatic heterocycles. The van der Waals surface area contributed by atoms with E-state index in [9.17, 15) is 4.39 Å². The second-order valence-corrected chi connectivity index (χ2v) is 4.65. The number of rotatable bonds is 3. The van der Waals surface area contributed by atoms with Crippen LogP contribution in [-0.2, 0) is 0 Å². The summed E-state index contributed by atoms with van der Waals surface area (Å²) in [6, 6.07) is 14.0. The molecule has 4 nitrogen and oxygen atoms in total. The molecule has 0 aliphatic carbocycles. The van der Waals surface area contributed by atoms with Crippen LogP contribution in [0.2, 0.25) is 5.28 Å². The maximum Gasteiger partial charge on any atom is 0.229 e. The largest absolute Gasteiger partial charge is 0.494 e. The molecule has 0 aliphatic rings. The van der Waals surface area contributed by atoms with Crippen molar-refractivity contribution >= 4 is 11.6 Å². The zero-order valence-electron chi connectivity index (χ0n) is 11.1. The molecule has 0 bridgehead atoms. The predicted molar refractivity (Wildman–Crippen MR) is 78.3 cm³/mol. The Morgan fingerprint density at radius 1 is 1.10 bits per heavy atom. The molecule has 0 spiro atoms. The van der Waals surface area contributed by atoms with Crippen molar-refractivity contribution in [3.05, 3.63) is 59.6 Å². The third-order valence-electron chi connectivity index (χ3n) is 3.05. The Bertz CT molecular complexity index is 774. The summed E-state index contributed by atoms with van der Waals surface area (Å²) < 4.78 is 20.4. The van der Waals surface area contributed by atoms with Crippen LogP contribution in [-0.4, -0.2) is 21.9 Å². The topological polar surface area (TPSA) is 39.9 Å². The van der Waals surface area contributed by atoms with Crippen LogP contribution in [0.1, 0.15) is 0 Å². The molecule has 0 amide bonds. The summed E-state index contributed by atoms with van der Waals surface area (Å²) in [4.78, 5) is 0. The lowest BCUT2D eigenvalue weighted by atomic mass is 10.2. The lowest BCUT2D eigenvalue weighted by Crippen LogP contribution is -1.99. The van der Waals surface area contributed by atoms with Gasteiger partial charge in [0.1, 0.15) is 0 Å². The van der Waals surface area contributed by atoms with Gasteiger partial charge < -0.3 is 4.74 Å². The summed E-state index contributed by atoms with van der Waals surface area (Å²) in [5.41, 5.74) is 1.37. The smallest absolute Gasteiger partial charge is 0.229 e. The fourth-order valence-electron chi connectivity index (χ4n) is 2.06. The normalized spacial score (nSPS) is 10.6. The molecule has 21 heavy (non-hydrogen) atoms. The number of hydrogen-bond donors (Lipinski definition) is 0. The van der Waals surface area contributed by atoms with Crippen LogP contribution >= 0.6 is 11.6 Å². The van der Waals surface area contributed by atoms with Crippen molar-refractivity contribution in [3.63, 3.8) is 0 Å². The highest BCUT2D eigenvalue weighted by Crippen LogP contribution is 2.27. The van der Waals surface area contributed by atoms with Crippen molar-refractivity contribution in [2.24, 2.45) is 0 Å². The molecule has 3 aromatic rings. The molecule has 0 unspecified atom stereocenters. The van der Waals surface area contributed by atoms with E-state index in [1.165, 1.54) is 19.2 Å². The average Bonchev–Trinajstić information content (AvgIpc) is 2.90. The third kappa shape index (κ3) is 2.48. The van der Waals surface area contributed by atoms with Gasteiger partial charge >= 0.3 is 0 Å². The third-order valence-corrected chi connectivity index (χ3v) is 3.29. The number of nitrogens with zero attached hydrogens (tertiary/aromatic N) is 3. The zero-order chi connectivity index (χ0) is 14.8. The van der Waals surface area contributed by atoms with Gasteiger partial charge in [-0.15, -0.1) is 10.2 Å². The van der Waals surface area contributed by atoms with Gasteiger partial charge in [0.25, 0.3) is 0 Å². The van der Waals surface area contributed by atoms with E-state index in [4.69, 9.17) is 16.3 Å². The molecular formula is C15H11ClFN3O. The lowest BCUT2D eigenvalue weighted by Gasteiger charge is -2.09. The first kappa shape index (κ1) is 13.6. The van der Waals surface area contributed by atoms with Crippen LogP contribution in [0.15, 0.2) is 48.5 Å². The van der Waals surface area contributed by atoms with Gasteiger partial charge in [-0.25, -0.2) is 4.39 Å². The van der Waals surface area contributed by atoms with Crippen molar-refractivity contribution < 1.29 is 9.13 Å². The molecule has 1 heterocycles. The zero-order valence-corrected chi connectivity index (χ0v) is 11.9. The number of ether oxygens (including phenoxy) is 1. The van der Waals surface area contributed by atoms with Crippen LogP contribution in [0.25, 0.3) is 17.1 Å². The fraction of sp³-hybridized carbons (Fsp3) is 0.0667. The molecule has 0 saturated carbocycles. The van der Waals surface area contributed by atoms with Gasteiger partial charge in [0.05, 0.1) is 12.8 Å². The van der Waals surface area contributed by atoms with Gasteiger partial charge in [0, 0.05) is 11.6 Å². The minimum atomic E-state index is -0.473. The van der Waals surface area contributed by atoms with Crippen LogP contribution in [0, 0.1) is 5.82 Å². The highest BCUT2D eigenvalue weighted by Gasteiger charge is 2.15. The summed E-state index contributed by atoms with van der Waals surface area (Å²) in [5, 5.41) is 8.09. The van der Waals surface area contributed by atoms with Crippen LogP contribution in [0.5, 0.6) is 5.75 Å². The van der Waals surface area contributed by atoms with E-state index in [2.05, 4.69) is 10.2 Å². The molecule has 0 atom stereocenters. The summed E-state index contributed by atoms with van der Waals surface area (Å²) in [6.07, 6.45) is 0. The standard InChI is InChI=1S/C15H11ClFN3O/c1-21-13-8-7-11(9-12(13)17)20-14(18-19-15(20)16)10-5-3-2-4-6-10/h2-9H,1H3. The van der Waals surface area contributed by atoms with Gasteiger partial charge in [-0.2, -0.15) is 0 Å². The number of halogens is 2. The van der Waals surface area contributed by atoms with Gasteiger partial charge in [0.15, 0.2) is 17.4 Å². The molecule has 6 heteroatoms.